The number of benzene rings is 1. The standard InChI is InChI=1S/C12H12FNO/c1-6-4-8(3)14-11-10(6)9(13)5-7(2)12(11)15/h4-5,15H,1-3H3. The van der Waals surface area contributed by atoms with Crippen molar-refractivity contribution in [1.29, 1.82) is 0 Å². The van der Waals surface area contributed by atoms with Gasteiger partial charge in [-0.3, -0.25) is 0 Å². The number of fused-ring (bicyclic) bond motifs is 1. The van der Waals surface area contributed by atoms with E-state index in [0.29, 0.717) is 16.5 Å². The Balaban J connectivity index is 3.02. The normalized spacial score (nSPS) is 10.9. The van der Waals surface area contributed by atoms with E-state index in [-0.39, 0.29) is 11.6 Å². The number of pyridine rings is 1. The Bertz CT molecular complexity index is 541. The average molecular weight is 205 g/mol. The molecule has 0 atom stereocenters. The molecule has 2 rings (SSSR count). The predicted molar refractivity (Wildman–Crippen MR) is 57.6 cm³/mol. The Morgan fingerprint density at radius 2 is 1.80 bits per heavy atom. The number of phenolic OH excluding ortho intramolecular Hbond substituents is 1. The second-order valence-corrected chi connectivity index (χ2v) is 3.83. The third-order valence-corrected chi connectivity index (χ3v) is 2.52. The lowest BCUT2D eigenvalue weighted by atomic mass is 10.1. The van der Waals surface area contributed by atoms with Crippen LogP contribution in [-0.4, -0.2) is 10.1 Å². The lowest BCUT2D eigenvalue weighted by molar-refractivity contribution is 0.474. The van der Waals surface area contributed by atoms with E-state index in [1.165, 1.54) is 6.07 Å². The van der Waals surface area contributed by atoms with Crippen molar-refractivity contribution in [2.24, 2.45) is 0 Å². The molecule has 0 fully saturated rings. The molecule has 0 saturated carbocycles. The van der Waals surface area contributed by atoms with Crippen LogP contribution in [0.3, 0.4) is 0 Å². The van der Waals surface area contributed by atoms with Gasteiger partial charge in [0.05, 0.1) is 0 Å². The summed E-state index contributed by atoms with van der Waals surface area (Å²) in [7, 11) is 0. The van der Waals surface area contributed by atoms with Crippen molar-refractivity contribution in [2.75, 3.05) is 0 Å². The van der Waals surface area contributed by atoms with Gasteiger partial charge in [0, 0.05) is 11.1 Å². The molecule has 78 valence electrons. The molecular formula is C12H12FNO. The molecule has 1 heterocycles. The van der Waals surface area contributed by atoms with Crippen LogP contribution in [0.25, 0.3) is 10.9 Å². The number of hydrogen-bond donors (Lipinski definition) is 1. The second-order valence-electron chi connectivity index (χ2n) is 3.83. The summed E-state index contributed by atoms with van der Waals surface area (Å²) in [6.07, 6.45) is 0. The summed E-state index contributed by atoms with van der Waals surface area (Å²) in [5.74, 6) is -0.261. The summed E-state index contributed by atoms with van der Waals surface area (Å²) in [6.45, 7) is 5.30. The van der Waals surface area contributed by atoms with Crippen molar-refractivity contribution < 1.29 is 9.50 Å². The van der Waals surface area contributed by atoms with Gasteiger partial charge < -0.3 is 5.11 Å². The molecule has 15 heavy (non-hydrogen) atoms. The Morgan fingerprint density at radius 1 is 1.13 bits per heavy atom. The summed E-state index contributed by atoms with van der Waals surface area (Å²) in [6, 6.07) is 3.14. The van der Waals surface area contributed by atoms with Crippen LogP contribution in [0.4, 0.5) is 4.39 Å². The van der Waals surface area contributed by atoms with Crippen molar-refractivity contribution in [2.45, 2.75) is 20.8 Å². The van der Waals surface area contributed by atoms with Crippen molar-refractivity contribution in [1.82, 2.24) is 4.98 Å². The van der Waals surface area contributed by atoms with Crippen LogP contribution in [0, 0.1) is 26.6 Å². The fourth-order valence-electron chi connectivity index (χ4n) is 1.83. The van der Waals surface area contributed by atoms with Crippen molar-refractivity contribution in [3.63, 3.8) is 0 Å². The highest BCUT2D eigenvalue weighted by Gasteiger charge is 2.12. The molecule has 0 aliphatic heterocycles. The lowest BCUT2D eigenvalue weighted by Crippen LogP contribution is -1.93. The molecule has 0 unspecified atom stereocenters. The first-order valence-electron chi connectivity index (χ1n) is 4.76. The molecule has 0 amide bonds. The highest BCUT2D eigenvalue weighted by molar-refractivity contribution is 5.88. The zero-order valence-corrected chi connectivity index (χ0v) is 8.93. The SMILES string of the molecule is Cc1cc(C)c2c(F)cc(C)c(O)c2n1. The summed E-state index contributed by atoms with van der Waals surface area (Å²) >= 11 is 0. The monoisotopic (exact) mass is 205 g/mol. The molecule has 1 aromatic carbocycles. The van der Waals surface area contributed by atoms with E-state index in [4.69, 9.17) is 0 Å². The summed E-state index contributed by atoms with van der Waals surface area (Å²) < 4.78 is 13.7. The minimum absolute atomic E-state index is 0.0678. The fourth-order valence-corrected chi connectivity index (χ4v) is 1.83. The lowest BCUT2D eigenvalue weighted by Gasteiger charge is -2.08. The Morgan fingerprint density at radius 3 is 2.47 bits per heavy atom. The molecule has 2 aromatic rings. The maximum Gasteiger partial charge on any atom is 0.144 e. The van der Waals surface area contributed by atoms with Gasteiger partial charge in [-0.05, 0) is 44.0 Å². The van der Waals surface area contributed by atoms with Crippen LogP contribution in [0.1, 0.15) is 16.8 Å². The molecule has 0 aliphatic rings. The van der Waals surface area contributed by atoms with Gasteiger partial charge in [0.1, 0.15) is 17.1 Å². The van der Waals surface area contributed by atoms with Crippen LogP contribution in [-0.2, 0) is 0 Å². The largest absolute Gasteiger partial charge is 0.505 e. The molecule has 0 radical (unpaired) electrons. The topological polar surface area (TPSA) is 33.1 Å². The van der Waals surface area contributed by atoms with E-state index >= 15 is 0 Å². The van der Waals surface area contributed by atoms with E-state index in [1.807, 2.05) is 13.8 Å². The maximum absolute atomic E-state index is 13.7. The molecule has 1 N–H and O–H groups in total. The van der Waals surface area contributed by atoms with E-state index in [0.717, 1.165) is 11.3 Å². The number of hydrogen-bond acceptors (Lipinski definition) is 2. The number of nitrogens with zero attached hydrogens (tertiary/aromatic N) is 1. The summed E-state index contributed by atoms with van der Waals surface area (Å²) in [5.41, 5.74) is 2.44. The van der Waals surface area contributed by atoms with Crippen molar-refractivity contribution in [3.8, 4) is 5.75 Å². The number of aryl methyl sites for hydroxylation is 3. The molecule has 0 bridgehead atoms. The number of phenols is 1. The number of aromatic nitrogens is 1. The third kappa shape index (κ3) is 1.44. The van der Waals surface area contributed by atoms with E-state index < -0.39 is 0 Å². The van der Waals surface area contributed by atoms with Crippen LogP contribution >= 0.6 is 0 Å². The molecule has 0 spiro atoms. The first-order chi connectivity index (χ1) is 7.00. The smallest absolute Gasteiger partial charge is 0.144 e. The van der Waals surface area contributed by atoms with Gasteiger partial charge in [-0.2, -0.15) is 0 Å². The van der Waals surface area contributed by atoms with Crippen LogP contribution in [0.2, 0.25) is 0 Å². The van der Waals surface area contributed by atoms with Crippen molar-refractivity contribution >= 4 is 10.9 Å². The molecule has 1 aromatic heterocycles. The van der Waals surface area contributed by atoms with Gasteiger partial charge >= 0.3 is 0 Å². The van der Waals surface area contributed by atoms with Gasteiger partial charge in [0.15, 0.2) is 0 Å². The molecule has 3 heteroatoms. The highest BCUT2D eigenvalue weighted by atomic mass is 19.1. The van der Waals surface area contributed by atoms with Crippen molar-refractivity contribution in [3.05, 3.63) is 34.8 Å². The minimum atomic E-state index is -0.328. The van der Waals surface area contributed by atoms with Gasteiger partial charge in [-0.15, -0.1) is 0 Å². The van der Waals surface area contributed by atoms with Gasteiger partial charge in [0.2, 0.25) is 0 Å². The van der Waals surface area contributed by atoms with Gasteiger partial charge in [0.25, 0.3) is 0 Å². The molecule has 0 saturated heterocycles. The Kier molecular flexibility index (Phi) is 2.11. The zero-order valence-electron chi connectivity index (χ0n) is 8.93. The molecule has 0 aliphatic carbocycles. The highest BCUT2D eigenvalue weighted by Crippen LogP contribution is 2.31. The third-order valence-electron chi connectivity index (χ3n) is 2.52. The number of aromatic hydroxyl groups is 1. The fraction of sp³-hybridized carbons (Fsp3) is 0.250. The van der Waals surface area contributed by atoms with E-state index in [2.05, 4.69) is 4.98 Å². The molecule has 2 nitrogen and oxygen atoms in total. The van der Waals surface area contributed by atoms with Crippen LogP contribution in [0.5, 0.6) is 5.75 Å². The van der Waals surface area contributed by atoms with Gasteiger partial charge in [-0.25, -0.2) is 9.37 Å². The Hall–Kier alpha value is -1.64. The first kappa shape index (κ1) is 9.90. The van der Waals surface area contributed by atoms with Gasteiger partial charge in [-0.1, -0.05) is 0 Å². The van der Waals surface area contributed by atoms with Crippen LogP contribution < -0.4 is 0 Å². The summed E-state index contributed by atoms with van der Waals surface area (Å²) in [5, 5.41) is 10.2. The number of halogens is 1. The minimum Gasteiger partial charge on any atom is -0.505 e. The molecular weight excluding hydrogens is 193 g/mol. The predicted octanol–water partition coefficient (Wildman–Crippen LogP) is 3.00. The second kappa shape index (κ2) is 3.19. The van der Waals surface area contributed by atoms with E-state index in [1.54, 1.807) is 13.0 Å². The zero-order chi connectivity index (χ0) is 11.2. The Labute approximate surface area is 87.4 Å². The average Bonchev–Trinajstić information content (AvgIpc) is 2.12. The number of rotatable bonds is 0. The summed E-state index contributed by atoms with van der Waals surface area (Å²) in [4.78, 5) is 4.17. The van der Waals surface area contributed by atoms with Crippen LogP contribution in [0.15, 0.2) is 12.1 Å². The maximum atomic E-state index is 13.7. The van der Waals surface area contributed by atoms with E-state index in [9.17, 15) is 9.50 Å². The first-order valence-corrected chi connectivity index (χ1v) is 4.76. The quantitative estimate of drug-likeness (QED) is 0.717.